The highest BCUT2D eigenvalue weighted by Gasteiger charge is 2.28. The minimum atomic E-state index is -3.48. The minimum absolute atomic E-state index is 0.0349. The molecule has 0 aliphatic carbocycles. The number of hydrogen-bond donors (Lipinski definition) is 0. The van der Waals surface area contributed by atoms with Crippen molar-refractivity contribution < 1.29 is 18.0 Å². The molecule has 1 amide bonds. The van der Waals surface area contributed by atoms with Crippen molar-refractivity contribution in [2.45, 2.75) is 38.0 Å². The molecule has 1 saturated heterocycles. The Kier molecular flexibility index (Phi) is 6.52. The average molecular weight is 414 g/mol. The molecule has 3 rings (SSSR count). The third-order valence-electron chi connectivity index (χ3n) is 5.52. The maximum absolute atomic E-state index is 12.6. The van der Waals surface area contributed by atoms with E-state index in [-0.39, 0.29) is 34.7 Å². The molecule has 1 aliphatic rings. The van der Waals surface area contributed by atoms with Crippen LogP contribution in [0.15, 0.2) is 53.4 Å². The van der Waals surface area contributed by atoms with E-state index in [1.807, 2.05) is 38.1 Å². The van der Waals surface area contributed by atoms with Crippen molar-refractivity contribution in [1.82, 2.24) is 4.90 Å². The second kappa shape index (κ2) is 8.91. The Bertz CT molecular complexity index is 971. The molecule has 2 aromatic carbocycles. The highest BCUT2D eigenvalue weighted by molar-refractivity contribution is 7.91. The lowest BCUT2D eigenvalue weighted by Crippen LogP contribution is -2.40. The van der Waals surface area contributed by atoms with Crippen LogP contribution in [-0.4, -0.2) is 43.9 Å². The van der Waals surface area contributed by atoms with Crippen molar-refractivity contribution >= 4 is 21.5 Å². The van der Waals surface area contributed by atoms with Gasteiger partial charge in [0, 0.05) is 31.0 Å². The molecular formula is C23H27NO4S. The number of amides is 1. The van der Waals surface area contributed by atoms with Gasteiger partial charge >= 0.3 is 0 Å². The largest absolute Gasteiger partial charge is 0.343 e. The van der Waals surface area contributed by atoms with Crippen LogP contribution in [0.2, 0.25) is 0 Å². The van der Waals surface area contributed by atoms with Gasteiger partial charge in [-0.1, -0.05) is 47.5 Å². The SMILES string of the molecule is Cc1ccc(C(=O)C2CCN(C(=O)CCS(=O)(=O)c3ccc(C)cc3)CC2)cc1. The maximum Gasteiger partial charge on any atom is 0.223 e. The Morgan fingerprint density at radius 1 is 0.897 bits per heavy atom. The van der Waals surface area contributed by atoms with Crippen LogP contribution in [0.1, 0.15) is 40.7 Å². The summed E-state index contributed by atoms with van der Waals surface area (Å²) in [7, 11) is -3.48. The lowest BCUT2D eigenvalue weighted by Gasteiger charge is -2.31. The van der Waals surface area contributed by atoms with Gasteiger partial charge < -0.3 is 4.90 Å². The Hall–Kier alpha value is -2.47. The molecular weight excluding hydrogens is 386 g/mol. The first kappa shape index (κ1) is 21.2. The molecule has 5 nitrogen and oxygen atoms in total. The summed E-state index contributed by atoms with van der Waals surface area (Å²) >= 11 is 0. The van der Waals surface area contributed by atoms with Gasteiger partial charge in [0.2, 0.25) is 5.91 Å². The fraction of sp³-hybridized carbons (Fsp3) is 0.391. The molecule has 0 N–H and O–H groups in total. The quantitative estimate of drug-likeness (QED) is 0.679. The summed E-state index contributed by atoms with van der Waals surface area (Å²) in [6.45, 7) is 4.86. The second-order valence-electron chi connectivity index (χ2n) is 7.77. The molecule has 2 aromatic rings. The summed E-state index contributed by atoms with van der Waals surface area (Å²) in [5.74, 6) is -0.323. The van der Waals surface area contributed by atoms with Crippen molar-refractivity contribution in [3.05, 3.63) is 65.2 Å². The summed E-state index contributed by atoms with van der Waals surface area (Å²) in [5, 5.41) is 0. The summed E-state index contributed by atoms with van der Waals surface area (Å²) in [6.07, 6.45) is 1.19. The lowest BCUT2D eigenvalue weighted by atomic mass is 9.88. The van der Waals surface area contributed by atoms with Gasteiger partial charge in [0.25, 0.3) is 0 Å². The van der Waals surface area contributed by atoms with Gasteiger partial charge in [-0.15, -0.1) is 0 Å². The molecule has 0 saturated carbocycles. The highest BCUT2D eigenvalue weighted by Crippen LogP contribution is 2.23. The molecule has 1 fully saturated rings. The Morgan fingerprint density at radius 3 is 1.97 bits per heavy atom. The van der Waals surface area contributed by atoms with Crippen molar-refractivity contribution in [3.8, 4) is 0 Å². The zero-order valence-corrected chi connectivity index (χ0v) is 17.7. The van der Waals surface area contributed by atoms with E-state index < -0.39 is 9.84 Å². The maximum atomic E-state index is 12.6. The van der Waals surface area contributed by atoms with E-state index in [1.165, 1.54) is 0 Å². The minimum Gasteiger partial charge on any atom is -0.343 e. The zero-order chi connectivity index (χ0) is 21.0. The van der Waals surface area contributed by atoms with Gasteiger partial charge in [-0.05, 0) is 38.8 Å². The number of hydrogen-bond acceptors (Lipinski definition) is 4. The molecule has 0 aromatic heterocycles. The number of aryl methyl sites for hydroxylation is 2. The smallest absolute Gasteiger partial charge is 0.223 e. The fourth-order valence-electron chi connectivity index (χ4n) is 3.59. The van der Waals surface area contributed by atoms with Gasteiger partial charge in [-0.2, -0.15) is 0 Å². The third kappa shape index (κ3) is 5.32. The van der Waals surface area contributed by atoms with Crippen LogP contribution in [0.25, 0.3) is 0 Å². The fourth-order valence-corrected chi connectivity index (χ4v) is 4.82. The summed E-state index contributed by atoms with van der Waals surface area (Å²) in [5.41, 5.74) is 2.82. The normalized spacial score (nSPS) is 15.3. The van der Waals surface area contributed by atoms with Gasteiger partial charge in [-0.25, -0.2) is 8.42 Å². The van der Waals surface area contributed by atoms with E-state index in [0.29, 0.717) is 31.5 Å². The number of ketones is 1. The third-order valence-corrected chi connectivity index (χ3v) is 7.25. The highest BCUT2D eigenvalue weighted by atomic mass is 32.2. The van der Waals surface area contributed by atoms with Crippen LogP contribution >= 0.6 is 0 Å². The summed E-state index contributed by atoms with van der Waals surface area (Å²) in [6, 6.07) is 14.2. The van der Waals surface area contributed by atoms with Crippen LogP contribution in [-0.2, 0) is 14.6 Å². The molecule has 0 bridgehead atoms. The van der Waals surface area contributed by atoms with Crippen molar-refractivity contribution in [2.75, 3.05) is 18.8 Å². The molecule has 0 unspecified atom stereocenters. The number of carbonyl (C=O) groups is 2. The number of carbonyl (C=O) groups excluding carboxylic acids is 2. The molecule has 1 aliphatic heterocycles. The first-order valence-electron chi connectivity index (χ1n) is 9.94. The molecule has 0 radical (unpaired) electrons. The average Bonchev–Trinajstić information content (AvgIpc) is 2.72. The predicted molar refractivity (Wildman–Crippen MR) is 113 cm³/mol. The van der Waals surface area contributed by atoms with Crippen molar-refractivity contribution in [1.29, 1.82) is 0 Å². The van der Waals surface area contributed by atoms with Crippen LogP contribution < -0.4 is 0 Å². The zero-order valence-electron chi connectivity index (χ0n) is 16.9. The van der Waals surface area contributed by atoms with Gasteiger partial charge in [0.15, 0.2) is 15.6 Å². The monoisotopic (exact) mass is 413 g/mol. The number of benzene rings is 2. The van der Waals surface area contributed by atoms with Crippen molar-refractivity contribution in [3.63, 3.8) is 0 Å². The standard InChI is InChI=1S/C23H27NO4S/c1-17-3-7-19(8-4-17)23(26)20-11-14-24(15-12-20)22(25)13-16-29(27,28)21-9-5-18(2)6-10-21/h3-10,20H,11-16H2,1-2H3. The topological polar surface area (TPSA) is 71.5 Å². The predicted octanol–water partition coefficient (Wildman–Crippen LogP) is 3.59. The van der Waals surface area contributed by atoms with E-state index in [2.05, 4.69) is 0 Å². The van der Waals surface area contributed by atoms with Gasteiger partial charge in [0.05, 0.1) is 10.6 Å². The molecule has 1 heterocycles. The Morgan fingerprint density at radius 2 is 1.41 bits per heavy atom. The molecule has 154 valence electrons. The molecule has 0 spiro atoms. The first-order chi connectivity index (χ1) is 13.8. The first-order valence-corrected chi connectivity index (χ1v) is 11.6. The molecule has 29 heavy (non-hydrogen) atoms. The van der Waals surface area contributed by atoms with E-state index in [4.69, 9.17) is 0 Å². The van der Waals surface area contributed by atoms with Crippen LogP contribution in [0.5, 0.6) is 0 Å². The summed E-state index contributed by atoms with van der Waals surface area (Å²) in [4.78, 5) is 27.1. The van der Waals surface area contributed by atoms with Crippen molar-refractivity contribution in [2.24, 2.45) is 5.92 Å². The Labute approximate surface area is 172 Å². The number of rotatable bonds is 6. The number of Topliss-reactive ketones (excluding diaryl/α,β-unsaturated/α-hetero) is 1. The van der Waals surface area contributed by atoms with Crippen LogP contribution in [0.4, 0.5) is 0 Å². The second-order valence-corrected chi connectivity index (χ2v) is 9.88. The van der Waals surface area contributed by atoms with Gasteiger partial charge in [-0.3, -0.25) is 9.59 Å². The van der Waals surface area contributed by atoms with E-state index in [9.17, 15) is 18.0 Å². The summed E-state index contributed by atoms with van der Waals surface area (Å²) < 4.78 is 24.9. The van der Waals surface area contributed by atoms with E-state index in [0.717, 1.165) is 11.1 Å². The number of piperidine rings is 1. The number of nitrogens with zero attached hydrogens (tertiary/aromatic N) is 1. The van der Waals surface area contributed by atoms with Gasteiger partial charge in [0.1, 0.15) is 0 Å². The number of sulfone groups is 1. The van der Waals surface area contributed by atoms with Crippen LogP contribution in [0.3, 0.4) is 0 Å². The number of likely N-dealkylation sites (tertiary alicyclic amines) is 1. The van der Waals surface area contributed by atoms with Crippen LogP contribution in [0, 0.1) is 19.8 Å². The molecule has 0 atom stereocenters. The van der Waals surface area contributed by atoms with E-state index >= 15 is 0 Å². The lowest BCUT2D eigenvalue weighted by molar-refractivity contribution is -0.132. The molecule has 6 heteroatoms. The Balaban J connectivity index is 1.51. The van der Waals surface area contributed by atoms with E-state index in [1.54, 1.807) is 29.2 Å².